The minimum Gasteiger partial charge on any atom is -0.508 e. The van der Waals surface area contributed by atoms with Crippen molar-refractivity contribution in [3.05, 3.63) is 23.5 Å². The summed E-state index contributed by atoms with van der Waals surface area (Å²) < 4.78 is 0. The SMILES string of the molecule is C=C1CC[C@@]2(CC)C(=C1O)CC[C@@H]1[C@@H]2CC[C@]2(C)[C@@H](O)CC[C@@H]12. The molecule has 2 nitrogen and oxygen atoms in total. The van der Waals surface area contributed by atoms with Gasteiger partial charge < -0.3 is 10.2 Å². The second kappa shape index (κ2) is 5.12. The van der Waals surface area contributed by atoms with E-state index in [0.29, 0.717) is 17.6 Å². The van der Waals surface area contributed by atoms with Crippen molar-refractivity contribution in [3.8, 4) is 0 Å². The van der Waals surface area contributed by atoms with Crippen LogP contribution in [-0.2, 0) is 0 Å². The van der Waals surface area contributed by atoms with E-state index in [2.05, 4.69) is 20.4 Å². The quantitative estimate of drug-likeness (QED) is 0.703. The first-order valence-electron chi connectivity index (χ1n) is 9.73. The Balaban J connectivity index is 1.75. The van der Waals surface area contributed by atoms with Gasteiger partial charge >= 0.3 is 0 Å². The fourth-order valence-corrected chi connectivity index (χ4v) is 7.18. The minimum absolute atomic E-state index is 0.0949. The summed E-state index contributed by atoms with van der Waals surface area (Å²) in [6.45, 7) is 8.75. The number of aliphatic hydroxyl groups excluding tert-OH is 2. The largest absolute Gasteiger partial charge is 0.508 e. The van der Waals surface area contributed by atoms with E-state index in [1.165, 1.54) is 31.3 Å². The van der Waals surface area contributed by atoms with Gasteiger partial charge in [0.1, 0.15) is 5.76 Å². The van der Waals surface area contributed by atoms with Gasteiger partial charge in [-0.05, 0) is 97.5 Å². The minimum atomic E-state index is -0.0949. The van der Waals surface area contributed by atoms with Gasteiger partial charge in [0.25, 0.3) is 0 Å². The molecule has 0 aromatic rings. The van der Waals surface area contributed by atoms with Gasteiger partial charge in [0.15, 0.2) is 0 Å². The highest BCUT2D eigenvalue weighted by atomic mass is 16.3. The van der Waals surface area contributed by atoms with Crippen LogP contribution in [0.4, 0.5) is 0 Å². The fraction of sp³-hybridized carbons (Fsp3) is 0.810. The molecule has 0 aliphatic heterocycles. The smallest absolute Gasteiger partial charge is 0.117 e. The lowest BCUT2D eigenvalue weighted by Gasteiger charge is -2.59. The van der Waals surface area contributed by atoms with Crippen LogP contribution in [0.3, 0.4) is 0 Å². The highest BCUT2D eigenvalue weighted by Gasteiger charge is 2.59. The van der Waals surface area contributed by atoms with E-state index < -0.39 is 0 Å². The maximum Gasteiger partial charge on any atom is 0.117 e. The van der Waals surface area contributed by atoms with Crippen LogP contribution in [0.15, 0.2) is 23.5 Å². The van der Waals surface area contributed by atoms with Gasteiger partial charge in [-0.2, -0.15) is 0 Å². The molecule has 0 spiro atoms. The normalized spacial score (nSPS) is 49.6. The zero-order chi connectivity index (χ0) is 16.4. The summed E-state index contributed by atoms with van der Waals surface area (Å²) >= 11 is 0. The first-order valence-corrected chi connectivity index (χ1v) is 9.73. The molecular formula is C21H32O2. The molecule has 4 aliphatic rings. The molecule has 0 amide bonds. The summed E-state index contributed by atoms with van der Waals surface area (Å²) in [5, 5.41) is 21.2. The van der Waals surface area contributed by atoms with Crippen molar-refractivity contribution in [2.24, 2.45) is 28.6 Å². The number of rotatable bonds is 1. The fourth-order valence-electron chi connectivity index (χ4n) is 7.18. The van der Waals surface area contributed by atoms with Crippen LogP contribution in [0.25, 0.3) is 0 Å². The second-order valence-corrected chi connectivity index (χ2v) is 8.99. The van der Waals surface area contributed by atoms with E-state index in [4.69, 9.17) is 0 Å². The molecule has 0 bridgehead atoms. The number of aliphatic hydroxyl groups is 2. The molecule has 2 N–H and O–H groups in total. The van der Waals surface area contributed by atoms with Crippen LogP contribution in [0, 0.1) is 28.6 Å². The number of allylic oxidation sites excluding steroid dienone is 2. The summed E-state index contributed by atoms with van der Waals surface area (Å²) in [6, 6.07) is 0. The average molecular weight is 316 g/mol. The lowest BCUT2D eigenvalue weighted by molar-refractivity contribution is -0.0797. The maximum atomic E-state index is 10.7. The van der Waals surface area contributed by atoms with Crippen molar-refractivity contribution < 1.29 is 10.2 Å². The molecule has 3 fully saturated rings. The lowest BCUT2D eigenvalue weighted by atomic mass is 9.46. The molecule has 0 radical (unpaired) electrons. The molecule has 128 valence electrons. The number of hydrogen-bond donors (Lipinski definition) is 2. The number of hydrogen-bond acceptors (Lipinski definition) is 2. The van der Waals surface area contributed by atoms with Crippen molar-refractivity contribution in [1.29, 1.82) is 0 Å². The summed E-state index contributed by atoms with van der Waals surface area (Å²) in [5.74, 6) is 2.69. The van der Waals surface area contributed by atoms with E-state index in [-0.39, 0.29) is 16.9 Å². The van der Waals surface area contributed by atoms with E-state index in [9.17, 15) is 10.2 Å². The van der Waals surface area contributed by atoms with E-state index in [1.807, 2.05) is 0 Å². The molecule has 3 saturated carbocycles. The summed E-state index contributed by atoms with van der Waals surface area (Å²) in [6.07, 6.45) is 10.0. The second-order valence-electron chi connectivity index (χ2n) is 8.99. The Bertz CT molecular complexity index is 562. The summed E-state index contributed by atoms with van der Waals surface area (Å²) in [7, 11) is 0. The Kier molecular flexibility index (Phi) is 3.50. The van der Waals surface area contributed by atoms with Gasteiger partial charge in [0, 0.05) is 0 Å². The maximum absolute atomic E-state index is 10.7. The Morgan fingerprint density at radius 1 is 1.09 bits per heavy atom. The molecule has 4 aliphatic carbocycles. The molecule has 0 saturated heterocycles. The predicted octanol–water partition coefficient (Wildman–Crippen LogP) is 5.14. The molecule has 2 heteroatoms. The van der Waals surface area contributed by atoms with Gasteiger partial charge in [-0.1, -0.05) is 20.4 Å². The molecule has 4 rings (SSSR count). The topological polar surface area (TPSA) is 40.5 Å². The molecule has 23 heavy (non-hydrogen) atoms. The molecule has 0 aromatic carbocycles. The zero-order valence-electron chi connectivity index (χ0n) is 14.8. The van der Waals surface area contributed by atoms with E-state index in [0.717, 1.165) is 43.6 Å². The van der Waals surface area contributed by atoms with Crippen molar-refractivity contribution >= 4 is 0 Å². The highest BCUT2D eigenvalue weighted by molar-refractivity contribution is 5.38. The van der Waals surface area contributed by atoms with Crippen LogP contribution in [0.2, 0.25) is 0 Å². The highest BCUT2D eigenvalue weighted by Crippen LogP contribution is 2.67. The zero-order valence-corrected chi connectivity index (χ0v) is 14.8. The standard InChI is InChI=1S/C21H32O2/c1-4-21-12-9-13(2)19(23)17(21)6-5-14-15-7-8-18(22)20(15,3)11-10-16(14)21/h14-16,18,22-23H,2,4-12H2,1,3H3/t14-,15-,16-,18-,20-,21+/m0/s1. The summed E-state index contributed by atoms with van der Waals surface area (Å²) in [5.41, 5.74) is 2.65. The Morgan fingerprint density at radius 3 is 2.61 bits per heavy atom. The van der Waals surface area contributed by atoms with Gasteiger partial charge in [-0.3, -0.25) is 0 Å². The van der Waals surface area contributed by atoms with Gasteiger partial charge in [0.2, 0.25) is 0 Å². The third-order valence-corrected chi connectivity index (χ3v) is 8.55. The van der Waals surface area contributed by atoms with Gasteiger partial charge in [-0.25, -0.2) is 0 Å². The molecule has 6 atom stereocenters. The van der Waals surface area contributed by atoms with Crippen molar-refractivity contribution in [2.75, 3.05) is 0 Å². The predicted molar refractivity (Wildman–Crippen MR) is 93.0 cm³/mol. The number of fused-ring (bicyclic) bond motifs is 5. The Labute approximate surface area is 140 Å². The lowest BCUT2D eigenvalue weighted by Crippen LogP contribution is -2.52. The summed E-state index contributed by atoms with van der Waals surface area (Å²) in [4.78, 5) is 0. The van der Waals surface area contributed by atoms with Crippen molar-refractivity contribution in [1.82, 2.24) is 0 Å². The van der Waals surface area contributed by atoms with Gasteiger partial charge in [-0.15, -0.1) is 0 Å². The Hall–Kier alpha value is -0.760. The molecule has 0 unspecified atom stereocenters. The van der Waals surface area contributed by atoms with Crippen LogP contribution in [0.1, 0.15) is 71.6 Å². The van der Waals surface area contributed by atoms with E-state index in [1.54, 1.807) is 0 Å². The molecular weight excluding hydrogens is 284 g/mol. The first kappa shape index (κ1) is 15.7. The van der Waals surface area contributed by atoms with Crippen LogP contribution < -0.4 is 0 Å². The molecule has 0 aromatic heterocycles. The monoisotopic (exact) mass is 316 g/mol. The van der Waals surface area contributed by atoms with E-state index >= 15 is 0 Å². The van der Waals surface area contributed by atoms with Crippen molar-refractivity contribution in [3.63, 3.8) is 0 Å². The first-order chi connectivity index (χ1) is 10.9. The van der Waals surface area contributed by atoms with Crippen molar-refractivity contribution in [2.45, 2.75) is 77.7 Å². The van der Waals surface area contributed by atoms with Crippen LogP contribution in [0.5, 0.6) is 0 Å². The van der Waals surface area contributed by atoms with Crippen LogP contribution >= 0.6 is 0 Å². The van der Waals surface area contributed by atoms with Gasteiger partial charge in [0.05, 0.1) is 6.10 Å². The third kappa shape index (κ3) is 1.91. The Morgan fingerprint density at radius 2 is 1.87 bits per heavy atom. The average Bonchev–Trinajstić information content (AvgIpc) is 2.86. The third-order valence-electron chi connectivity index (χ3n) is 8.55. The molecule has 0 heterocycles. The van der Waals surface area contributed by atoms with Crippen LogP contribution in [-0.4, -0.2) is 16.3 Å².